The molecule has 0 saturated carbocycles. The van der Waals surface area contributed by atoms with Gasteiger partial charge in [-0.05, 0) is 26.6 Å². The van der Waals surface area contributed by atoms with Gasteiger partial charge in [0.2, 0.25) is 0 Å². The summed E-state index contributed by atoms with van der Waals surface area (Å²) in [6.45, 7) is 2.21. The summed E-state index contributed by atoms with van der Waals surface area (Å²) in [4.78, 5) is 8.05. The maximum atomic E-state index is 8.87. The molecule has 1 N–H and O–H groups in total. The van der Waals surface area contributed by atoms with E-state index in [2.05, 4.69) is 15.2 Å². The van der Waals surface area contributed by atoms with Gasteiger partial charge in [0, 0.05) is 33.3 Å². The molecule has 0 radical (unpaired) electrons. The summed E-state index contributed by atoms with van der Waals surface area (Å²) in [7, 11) is 7.55. The summed E-state index contributed by atoms with van der Waals surface area (Å²) in [6.07, 6.45) is 0.836. The van der Waals surface area contributed by atoms with Crippen LogP contribution < -0.4 is 10.2 Å². The van der Waals surface area contributed by atoms with Crippen LogP contribution in [0.25, 0.3) is 0 Å². The highest BCUT2D eigenvalue weighted by molar-refractivity contribution is 5.88. The molecule has 124 valence electrons. The van der Waals surface area contributed by atoms with Crippen LogP contribution in [0.3, 0.4) is 0 Å². The minimum Gasteiger partial charge on any atom is -0.444 e. The summed E-state index contributed by atoms with van der Waals surface area (Å²) < 4.78 is 5.78. The number of furan rings is 1. The van der Waals surface area contributed by atoms with Gasteiger partial charge in [0.05, 0.1) is 18.7 Å². The van der Waals surface area contributed by atoms with Gasteiger partial charge in [-0.15, -0.1) is 0 Å². The second-order valence-electron chi connectivity index (χ2n) is 5.48. The van der Waals surface area contributed by atoms with Crippen LogP contribution in [-0.4, -0.2) is 52.0 Å². The molecule has 0 aliphatic heterocycles. The van der Waals surface area contributed by atoms with Crippen molar-refractivity contribution in [3.63, 3.8) is 0 Å². The predicted octanol–water partition coefficient (Wildman–Crippen LogP) is 1.45. The fraction of sp³-hybridized carbons (Fsp3) is 0.562. The molecule has 0 amide bonds. The molecule has 0 saturated heterocycles. The second-order valence-corrected chi connectivity index (χ2v) is 5.48. The Kier molecular flexibility index (Phi) is 7.65. The van der Waals surface area contributed by atoms with E-state index in [1.165, 1.54) is 0 Å². The van der Waals surface area contributed by atoms with Crippen LogP contribution >= 0.6 is 0 Å². The van der Waals surface area contributed by atoms with Gasteiger partial charge >= 0.3 is 0 Å². The third kappa shape index (κ3) is 6.01. The zero-order valence-corrected chi connectivity index (χ0v) is 14.2. The van der Waals surface area contributed by atoms with E-state index in [1.807, 2.05) is 50.3 Å². The van der Waals surface area contributed by atoms with Gasteiger partial charge in [0.1, 0.15) is 11.6 Å². The highest BCUT2D eigenvalue weighted by atomic mass is 16.4. The van der Waals surface area contributed by atoms with Crippen molar-refractivity contribution in [3.05, 3.63) is 17.9 Å². The van der Waals surface area contributed by atoms with E-state index in [0.29, 0.717) is 12.4 Å². The Morgan fingerprint density at radius 2 is 2.00 bits per heavy atom. The summed E-state index contributed by atoms with van der Waals surface area (Å²) in [6, 6.07) is 7.77. The lowest BCUT2D eigenvalue weighted by Crippen LogP contribution is -2.32. The first-order valence-electron chi connectivity index (χ1n) is 7.46. The third-order valence-electron chi connectivity index (χ3n) is 3.24. The lowest BCUT2D eigenvalue weighted by atomic mass is 10.2. The van der Waals surface area contributed by atoms with Crippen LogP contribution in [0.5, 0.6) is 0 Å². The van der Waals surface area contributed by atoms with E-state index in [-0.39, 0.29) is 0 Å². The van der Waals surface area contributed by atoms with Crippen LogP contribution in [-0.2, 0) is 6.54 Å². The number of hydrogen-bond acceptors (Lipinski definition) is 6. The first-order chi connectivity index (χ1) is 11.0. The van der Waals surface area contributed by atoms with Crippen molar-refractivity contribution in [2.24, 2.45) is 10.9 Å². The molecule has 1 aromatic rings. The number of nitrogens with one attached hydrogen (secondary N) is 1. The Morgan fingerprint density at radius 1 is 1.30 bits per heavy atom. The van der Waals surface area contributed by atoms with Crippen molar-refractivity contribution in [2.45, 2.75) is 13.0 Å². The van der Waals surface area contributed by atoms with E-state index < -0.39 is 5.92 Å². The first kappa shape index (κ1) is 18.5. The molecule has 0 unspecified atom stereocenters. The zero-order chi connectivity index (χ0) is 17.2. The molecule has 0 aliphatic rings. The van der Waals surface area contributed by atoms with E-state index in [0.717, 1.165) is 31.2 Å². The Morgan fingerprint density at radius 3 is 2.57 bits per heavy atom. The molecule has 1 rings (SSSR count). The minimum absolute atomic E-state index is 0.420. The van der Waals surface area contributed by atoms with E-state index in [9.17, 15) is 0 Å². The van der Waals surface area contributed by atoms with Crippen molar-refractivity contribution in [1.82, 2.24) is 10.2 Å². The molecule has 0 fully saturated rings. The number of anilines is 1. The van der Waals surface area contributed by atoms with Crippen LogP contribution in [0, 0.1) is 28.6 Å². The van der Waals surface area contributed by atoms with Gasteiger partial charge in [-0.3, -0.25) is 4.99 Å². The number of aliphatic imine (C=N–C) groups is 1. The second kappa shape index (κ2) is 9.50. The van der Waals surface area contributed by atoms with Crippen molar-refractivity contribution < 1.29 is 4.42 Å². The highest BCUT2D eigenvalue weighted by Crippen LogP contribution is 2.18. The molecule has 0 atom stereocenters. The Hall–Kier alpha value is -2.51. The van der Waals surface area contributed by atoms with Crippen molar-refractivity contribution in [2.75, 3.05) is 46.2 Å². The maximum absolute atomic E-state index is 8.87. The van der Waals surface area contributed by atoms with Crippen LogP contribution in [0.2, 0.25) is 0 Å². The molecule has 7 heteroatoms. The Bertz CT molecular complexity index is 578. The third-order valence-corrected chi connectivity index (χ3v) is 3.24. The van der Waals surface area contributed by atoms with Crippen LogP contribution in [0.4, 0.5) is 5.88 Å². The molecule has 1 aromatic heterocycles. The number of nitrogens with zero attached hydrogens (tertiary/aromatic N) is 5. The van der Waals surface area contributed by atoms with E-state index in [4.69, 9.17) is 14.9 Å². The fourth-order valence-electron chi connectivity index (χ4n) is 2.07. The average Bonchev–Trinajstić information content (AvgIpc) is 2.98. The van der Waals surface area contributed by atoms with Gasteiger partial charge in [0.25, 0.3) is 0 Å². The van der Waals surface area contributed by atoms with Gasteiger partial charge in [-0.2, -0.15) is 10.5 Å². The fourth-order valence-corrected chi connectivity index (χ4v) is 2.07. The Balaban J connectivity index is 2.39. The molecule has 0 spiro atoms. The molecular weight excluding hydrogens is 292 g/mol. The van der Waals surface area contributed by atoms with Gasteiger partial charge in [-0.25, -0.2) is 0 Å². The van der Waals surface area contributed by atoms with Crippen LogP contribution in [0.1, 0.15) is 12.2 Å². The smallest absolute Gasteiger partial charge is 0.195 e. The molecule has 0 aromatic carbocycles. The molecular formula is C16H24N6O. The zero-order valence-electron chi connectivity index (χ0n) is 14.2. The average molecular weight is 316 g/mol. The van der Waals surface area contributed by atoms with Crippen molar-refractivity contribution >= 4 is 11.7 Å². The maximum Gasteiger partial charge on any atom is 0.195 e. The molecule has 0 bridgehead atoms. The van der Waals surface area contributed by atoms with Crippen LogP contribution in [0.15, 0.2) is 21.5 Å². The molecule has 7 nitrogen and oxygen atoms in total. The Labute approximate surface area is 137 Å². The summed E-state index contributed by atoms with van der Waals surface area (Å²) in [5.74, 6) is 1.35. The number of nitriles is 2. The van der Waals surface area contributed by atoms with Gasteiger partial charge in [0.15, 0.2) is 11.8 Å². The SMILES string of the molecule is CN=C(NCCCN(C)c1ccc(CN(C)C)o1)C(C#N)C#N. The summed E-state index contributed by atoms with van der Waals surface area (Å²) in [5, 5.41) is 20.8. The topological polar surface area (TPSA) is 91.6 Å². The van der Waals surface area contributed by atoms with Gasteiger partial charge < -0.3 is 19.5 Å². The van der Waals surface area contributed by atoms with E-state index >= 15 is 0 Å². The number of rotatable bonds is 8. The predicted molar refractivity (Wildman–Crippen MR) is 90.1 cm³/mol. The largest absolute Gasteiger partial charge is 0.444 e. The highest BCUT2D eigenvalue weighted by Gasteiger charge is 2.13. The quantitative estimate of drug-likeness (QED) is 0.443. The van der Waals surface area contributed by atoms with Crippen molar-refractivity contribution in [1.29, 1.82) is 10.5 Å². The standard InChI is InChI=1S/C16H24N6O/c1-19-16(13(10-17)11-18)20-8-5-9-22(4)15-7-6-14(23-15)12-21(2)3/h6-7,13H,5,8-9,12H2,1-4H3,(H,19,20). The van der Waals surface area contributed by atoms with Gasteiger partial charge in [-0.1, -0.05) is 0 Å². The summed E-state index contributed by atoms with van der Waals surface area (Å²) >= 11 is 0. The summed E-state index contributed by atoms with van der Waals surface area (Å²) in [5.41, 5.74) is 0. The van der Waals surface area contributed by atoms with Crippen molar-refractivity contribution in [3.8, 4) is 12.1 Å². The van der Waals surface area contributed by atoms with E-state index in [1.54, 1.807) is 7.05 Å². The monoisotopic (exact) mass is 316 g/mol. The lowest BCUT2D eigenvalue weighted by Gasteiger charge is -2.17. The molecule has 23 heavy (non-hydrogen) atoms. The molecule has 1 heterocycles. The minimum atomic E-state index is -0.837. The normalized spacial score (nSPS) is 11.4. The first-order valence-corrected chi connectivity index (χ1v) is 7.46. The number of hydrogen-bond donors (Lipinski definition) is 1. The molecule has 0 aliphatic carbocycles. The number of amidine groups is 1. The lowest BCUT2D eigenvalue weighted by molar-refractivity contribution is 0.351.